The van der Waals surface area contributed by atoms with Crippen molar-refractivity contribution in [2.45, 2.75) is 6.18 Å². The monoisotopic (exact) mass is 324 g/mol. The van der Waals surface area contributed by atoms with E-state index in [1.807, 2.05) is 0 Å². The fourth-order valence-electron chi connectivity index (χ4n) is 1.74. The maximum atomic E-state index is 12.4. The lowest BCUT2D eigenvalue weighted by Crippen LogP contribution is -2.10. The van der Waals surface area contributed by atoms with Gasteiger partial charge in [-0.3, -0.25) is 0 Å². The predicted molar refractivity (Wildman–Crippen MR) is 74.2 cm³/mol. The van der Waals surface area contributed by atoms with Gasteiger partial charge >= 0.3 is 18.1 Å². The standard InChI is InChI=1S/C16H11F3O4/c1-22-14(20)10-4-8-13(9-5-10)23-15(21)11-2-6-12(7-3-11)16(17,18)19/h2-9H,1H3. The van der Waals surface area contributed by atoms with E-state index in [1.54, 1.807) is 0 Å². The van der Waals surface area contributed by atoms with Crippen molar-refractivity contribution < 1.29 is 32.2 Å². The van der Waals surface area contributed by atoms with Crippen LogP contribution in [-0.2, 0) is 10.9 Å². The fraction of sp³-hybridized carbons (Fsp3) is 0.125. The molecule has 23 heavy (non-hydrogen) atoms. The van der Waals surface area contributed by atoms with Crippen molar-refractivity contribution in [3.8, 4) is 5.75 Å². The predicted octanol–water partition coefficient (Wildman–Crippen LogP) is 3.71. The Hall–Kier alpha value is -2.83. The maximum absolute atomic E-state index is 12.4. The van der Waals surface area contributed by atoms with Crippen LogP contribution in [0.25, 0.3) is 0 Å². The SMILES string of the molecule is COC(=O)c1ccc(OC(=O)c2ccc(C(F)(F)F)cc2)cc1. The summed E-state index contributed by atoms with van der Waals surface area (Å²) in [7, 11) is 1.24. The van der Waals surface area contributed by atoms with Crippen molar-refractivity contribution in [1.82, 2.24) is 0 Å². The number of esters is 2. The van der Waals surface area contributed by atoms with Crippen molar-refractivity contribution in [3.05, 3.63) is 65.2 Å². The van der Waals surface area contributed by atoms with Crippen molar-refractivity contribution in [1.29, 1.82) is 0 Å². The molecule has 0 unspecified atom stereocenters. The third-order valence-electron chi connectivity index (χ3n) is 2.93. The number of carbonyl (C=O) groups excluding carboxylic acids is 2. The van der Waals surface area contributed by atoms with Crippen LogP contribution in [-0.4, -0.2) is 19.0 Å². The molecule has 2 aromatic rings. The van der Waals surface area contributed by atoms with Crippen LogP contribution in [0.3, 0.4) is 0 Å². The van der Waals surface area contributed by atoms with E-state index < -0.39 is 23.7 Å². The molecule has 120 valence electrons. The van der Waals surface area contributed by atoms with Gasteiger partial charge in [0.15, 0.2) is 0 Å². The van der Waals surface area contributed by atoms with Crippen molar-refractivity contribution in [2.24, 2.45) is 0 Å². The van der Waals surface area contributed by atoms with E-state index in [0.717, 1.165) is 24.3 Å². The second-order valence-corrected chi connectivity index (χ2v) is 4.48. The molecule has 0 bridgehead atoms. The van der Waals surface area contributed by atoms with Gasteiger partial charge < -0.3 is 9.47 Å². The highest BCUT2D eigenvalue weighted by Gasteiger charge is 2.30. The smallest absolute Gasteiger partial charge is 0.416 e. The molecule has 0 radical (unpaired) electrons. The summed E-state index contributed by atoms with van der Waals surface area (Å²) in [5.74, 6) is -1.18. The molecule has 0 aliphatic heterocycles. The van der Waals surface area contributed by atoms with Crippen molar-refractivity contribution >= 4 is 11.9 Å². The number of benzene rings is 2. The first-order valence-electron chi connectivity index (χ1n) is 6.39. The Morgan fingerprint density at radius 3 is 1.78 bits per heavy atom. The number of rotatable bonds is 3. The first kappa shape index (κ1) is 16.5. The van der Waals surface area contributed by atoms with Gasteiger partial charge in [-0.25, -0.2) is 9.59 Å². The van der Waals surface area contributed by atoms with Gasteiger partial charge in [0, 0.05) is 0 Å². The first-order valence-corrected chi connectivity index (χ1v) is 6.39. The van der Waals surface area contributed by atoms with Crippen molar-refractivity contribution in [3.63, 3.8) is 0 Å². The number of hydrogen-bond donors (Lipinski definition) is 0. The minimum Gasteiger partial charge on any atom is -0.465 e. The topological polar surface area (TPSA) is 52.6 Å². The fourth-order valence-corrected chi connectivity index (χ4v) is 1.74. The molecule has 7 heteroatoms. The quantitative estimate of drug-likeness (QED) is 0.638. The van der Waals surface area contributed by atoms with Gasteiger partial charge in [-0.05, 0) is 48.5 Å². The van der Waals surface area contributed by atoms with E-state index in [9.17, 15) is 22.8 Å². The molecule has 0 aliphatic rings. The summed E-state index contributed by atoms with van der Waals surface area (Å²) in [6, 6.07) is 9.25. The summed E-state index contributed by atoms with van der Waals surface area (Å²) in [5, 5.41) is 0. The van der Waals surface area contributed by atoms with Gasteiger partial charge in [-0.2, -0.15) is 13.2 Å². The maximum Gasteiger partial charge on any atom is 0.416 e. The number of alkyl halides is 3. The summed E-state index contributed by atoms with van der Waals surface area (Å²) in [6.07, 6.45) is -4.47. The Labute approximate surface area is 129 Å². The van der Waals surface area contributed by atoms with E-state index in [4.69, 9.17) is 4.74 Å². The summed E-state index contributed by atoms with van der Waals surface area (Å²) >= 11 is 0. The lowest BCUT2D eigenvalue weighted by molar-refractivity contribution is -0.137. The molecule has 0 heterocycles. The normalized spacial score (nSPS) is 11.0. The second-order valence-electron chi connectivity index (χ2n) is 4.48. The van der Waals surface area contributed by atoms with Crippen LogP contribution in [0.2, 0.25) is 0 Å². The van der Waals surface area contributed by atoms with Gasteiger partial charge in [0.25, 0.3) is 0 Å². The van der Waals surface area contributed by atoms with E-state index in [1.165, 1.54) is 31.4 Å². The minimum atomic E-state index is -4.47. The zero-order valence-electron chi connectivity index (χ0n) is 11.9. The largest absolute Gasteiger partial charge is 0.465 e. The summed E-state index contributed by atoms with van der Waals surface area (Å²) in [6.45, 7) is 0. The molecule has 0 atom stereocenters. The molecule has 0 aromatic heterocycles. The molecule has 0 amide bonds. The van der Waals surface area contributed by atoms with Crippen LogP contribution < -0.4 is 4.74 Å². The minimum absolute atomic E-state index is 0.0185. The Morgan fingerprint density at radius 2 is 1.30 bits per heavy atom. The third-order valence-corrected chi connectivity index (χ3v) is 2.93. The summed E-state index contributed by atoms with van der Waals surface area (Å²) in [4.78, 5) is 23.1. The van der Waals surface area contributed by atoms with E-state index >= 15 is 0 Å². The molecule has 0 spiro atoms. The van der Waals surface area contributed by atoms with Gasteiger partial charge in [0.2, 0.25) is 0 Å². The number of carbonyl (C=O) groups is 2. The molecular formula is C16H11F3O4. The highest BCUT2D eigenvalue weighted by atomic mass is 19.4. The Kier molecular flexibility index (Phi) is 4.68. The number of methoxy groups -OCH3 is 1. The van der Waals surface area contributed by atoms with Crippen LogP contribution in [0.5, 0.6) is 5.75 Å². The molecule has 4 nitrogen and oxygen atoms in total. The molecule has 0 saturated carbocycles. The average molecular weight is 324 g/mol. The molecule has 0 N–H and O–H groups in total. The molecule has 0 aliphatic carbocycles. The third kappa shape index (κ3) is 4.09. The van der Waals surface area contributed by atoms with Crippen LogP contribution in [0.1, 0.15) is 26.3 Å². The highest BCUT2D eigenvalue weighted by molar-refractivity contribution is 5.92. The van der Waals surface area contributed by atoms with Gasteiger partial charge in [0.05, 0.1) is 23.8 Å². The zero-order chi connectivity index (χ0) is 17.0. The molecular weight excluding hydrogens is 313 g/mol. The Bertz CT molecular complexity index is 704. The van der Waals surface area contributed by atoms with Crippen LogP contribution in [0, 0.1) is 0 Å². The van der Waals surface area contributed by atoms with Crippen LogP contribution >= 0.6 is 0 Å². The van der Waals surface area contributed by atoms with Crippen molar-refractivity contribution in [2.75, 3.05) is 7.11 Å². The van der Waals surface area contributed by atoms with E-state index in [2.05, 4.69) is 4.74 Å². The van der Waals surface area contributed by atoms with Crippen LogP contribution in [0.15, 0.2) is 48.5 Å². The van der Waals surface area contributed by atoms with Gasteiger partial charge in [-0.15, -0.1) is 0 Å². The molecule has 2 rings (SSSR count). The van der Waals surface area contributed by atoms with Gasteiger partial charge in [0.1, 0.15) is 5.75 Å². The summed E-state index contributed by atoms with van der Waals surface area (Å²) < 4.78 is 46.9. The number of hydrogen-bond acceptors (Lipinski definition) is 4. The van der Waals surface area contributed by atoms with Crippen LogP contribution in [0.4, 0.5) is 13.2 Å². The molecule has 0 saturated heterocycles. The van der Waals surface area contributed by atoms with E-state index in [-0.39, 0.29) is 16.9 Å². The number of halogens is 3. The number of ether oxygens (including phenoxy) is 2. The highest BCUT2D eigenvalue weighted by Crippen LogP contribution is 2.29. The lowest BCUT2D eigenvalue weighted by Gasteiger charge is -2.08. The molecule has 0 fully saturated rings. The van der Waals surface area contributed by atoms with Gasteiger partial charge in [-0.1, -0.05) is 0 Å². The Morgan fingerprint density at radius 1 is 0.826 bits per heavy atom. The second kappa shape index (κ2) is 6.51. The van der Waals surface area contributed by atoms with E-state index in [0.29, 0.717) is 0 Å². The Balaban J connectivity index is 2.08. The lowest BCUT2D eigenvalue weighted by atomic mass is 10.1. The molecule has 2 aromatic carbocycles. The average Bonchev–Trinajstić information content (AvgIpc) is 2.54. The zero-order valence-corrected chi connectivity index (χ0v) is 11.9. The first-order chi connectivity index (χ1) is 10.8. The summed E-state index contributed by atoms with van der Waals surface area (Å²) in [5.41, 5.74) is -0.589.